The standard InChI is InChI=1S/C15H22BrN/c1-3-17-15(12-6-4-5-7-12)14-9-8-13(16)10-11(14)2/h8-10,12,15,17H,3-7H2,1-2H3. The zero-order chi connectivity index (χ0) is 12.3. The Kier molecular flexibility index (Phi) is 4.63. The predicted octanol–water partition coefficient (Wildman–Crippen LogP) is 4.60. The first-order chi connectivity index (χ1) is 8.22. The molecule has 0 amide bonds. The van der Waals surface area contributed by atoms with Gasteiger partial charge >= 0.3 is 0 Å². The summed E-state index contributed by atoms with van der Waals surface area (Å²) in [5, 5.41) is 3.69. The number of nitrogens with one attached hydrogen (secondary N) is 1. The van der Waals surface area contributed by atoms with Gasteiger partial charge in [0.2, 0.25) is 0 Å². The van der Waals surface area contributed by atoms with E-state index in [1.807, 2.05) is 0 Å². The van der Waals surface area contributed by atoms with E-state index in [1.165, 1.54) is 41.3 Å². The van der Waals surface area contributed by atoms with Gasteiger partial charge in [-0.2, -0.15) is 0 Å². The van der Waals surface area contributed by atoms with Crippen LogP contribution in [0.4, 0.5) is 0 Å². The molecule has 1 unspecified atom stereocenters. The molecule has 1 saturated carbocycles. The summed E-state index contributed by atoms with van der Waals surface area (Å²) in [6, 6.07) is 7.23. The van der Waals surface area contributed by atoms with E-state index in [4.69, 9.17) is 0 Å². The molecule has 1 atom stereocenters. The van der Waals surface area contributed by atoms with E-state index in [-0.39, 0.29) is 0 Å². The molecule has 0 spiro atoms. The lowest BCUT2D eigenvalue weighted by Gasteiger charge is -2.26. The topological polar surface area (TPSA) is 12.0 Å². The van der Waals surface area contributed by atoms with E-state index < -0.39 is 0 Å². The second kappa shape index (κ2) is 6.01. The Bertz CT molecular complexity index is 369. The molecule has 1 aliphatic carbocycles. The van der Waals surface area contributed by atoms with Crippen LogP contribution in [-0.4, -0.2) is 6.54 Å². The number of benzene rings is 1. The van der Waals surface area contributed by atoms with E-state index in [1.54, 1.807) is 0 Å². The van der Waals surface area contributed by atoms with Crippen molar-refractivity contribution in [1.29, 1.82) is 0 Å². The molecule has 1 aromatic carbocycles. The van der Waals surface area contributed by atoms with Crippen LogP contribution in [0.25, 0.3) is 0 Å². The lowest BCUT2D eigenvalue weighted by atomic mass is 9.89. The Labute approximate surface area is 113 Å². The largest absolute Gasteiger partial charge is 0.310 e. The zero-order valence-corrected chi connectivity index (χ0v) is 12.4. The highest BCUT2D eigenvalue weighted by Crippen LogP contribution is 2.37. The van der Waals surface area contributed by atoms with Gasteiger partial charge in [0.05, 0.1) is 0 Å². The lowest BCUT2D eigenvalue weighted by Crippen LogP contribution is -2.27. The van der Waals surface area contributed by atoms with E-state index >= 15 is 0 Å². The summed E-state index contributed by atoms with van der Waals surface area (Å²) in [5.74, 6) is 0.829. The zero-order valence-electron chi connectivity index (χ0n) is 10.8. The van der Waals surface area contributed by atoms with Gasteiger partial charge in [0.1, 0.15) is 0 Å². The summed E-state index contributed by atoms with van der Waals surface area (Å²) in [5.41, 5.74) is 2.89. The Hall–Kier alpha value is -0.340. The molecule has 0 heterocycles. The fourth-order valence-corrected chi connectivity index (χ4v) is 3.50. The molecule has 94 valence electrons. The fraction of sp³-hybridized carbons (Fsp3) is 0.600. The van der Waals surface area contributed by atoms with Gasteiger partial charge in [0, 0.05) is 10.5 Å². The molecule has 0 radical (unpaired) electrons. The molecule has 0 aromatic heterocycles. The Morgan fingerprint density at radius 2 is 2.06 bits per heavy atom. The van der Waals surface area contributed by atoms with Gasteiger partial charge in [0.25, 0.3) is 0 Å². The summed E-state index contributed by atoms with van der Waals surface area (Å²) in [7, 11) is 0. The summed E-state index contributed by atoms with van der Waals surface area (Å²) in [4.78, 5) is 0. The Balaban J connectivity index is 2.24. The maximum absolute atomic E-state index is 3.69. The van der Waals surface area contributed by atoms with Crippen molar-refractivity contribution < 1.29 is 0 Å². The van der Waals surface area contributed by atoms with Crippen molar-refractivity contribution in [3.05, 3.63) is 33.8 Å². The molecule has 1 fully saturated rings. The third kappa shape index (κ3) is 3.11. The first-order valence-electron chi connectivity index (χ1n) is 6.71. The van der Waals surface area contributed by atoms with Crippen molar-refractivity contribution in [3.8, 4) is 0 Å². The number of halogens is 1. The van der Waals surface area contributed by atoms with Gasteiger partial charge in [-0.15, -0.1) is 0 Å². The average Bonchev–Trinajstić information content (AvgIpc) is 2.80. The number of hydrogen-bond acceptors (Lipinski definition) is 1. The third-order valence-corrected chi connectivity index (χ3v) is 4.36. The number of hydrogen-bond donors (Lipinski definition) is 1. The van der Waals surface area contributed by atoms with Crippen molar-refractivity contribution in [2.75, 3.05) is 6.54 Å². The summed E-state index contributed by atoms with van der Waals surface area (Å²) < 4.78 is 1.18. The molecule has 0 aliphatic heterocycles. The Morgan fingerprint density at radius 3 is 2.65 bits per heavy atom. The smallest absolute Gasteiger partial charge is 0.0351 e. The van der Waals surface area contributed by atoms with Crippen molar-refractivity contribution in [1.82, 2.24) is 5.32 Å². The highest BCUT2D eigenvalue weighted by molar-refractivity contribution is 9.10. The van der Waals surface area contributed by atoms with Crippen LogP contribution in [0.3, 0.4) is 0 Å². The number of aryl methyl sites for hydroxylation is 1. The molecule has 0 saturated heterocycles. The minimum Gasteiger partial charge on any atom is -0.310 e. The molecule has 0 bridgehead atoms. The van der Waals surface area contributed by atoms with Crippen LogP contribution in [-0.2, 0) is 0 Å². The average molecular weight is 296 g/mol. The van der Waals surface area contributed by atoms with Crippen LogP contribution < -0.4 is 5.32 Å². The Morgan fingerprint density at radius 1 is 1.35 bits per heavy atom. The molecule has 1 aromatic rings. The van der Waals surface area contributed by atoms with E-state index in [9.17, 15) is 0 Å². The molecule has 1 nitrogen and oxygen atoms in total. The van der Waals surface area contributed by atoms with Crippen LogP contribution in [0.15, 0.2) is 22.7 Å². The highest BCUT2D eigenvalue weighted by atomic mass is 79.9. The van der Waals surface area contributed by atoms with Gasteiger partial charge in [-0.05, 0) is 55.5 Å². The molecule has 17 heavy (non-hydrogen) atoms. The maximum Gasteiger partial charge on any atom is 0.0351 e. The fourth-order valence-electron chi connectivity index (χ4n) is 3.03. The summed E-state index contributed by atoms with van der Waals surface area (Å²) >= 11 is 3.55. The minimum atomic E-state index is 0.551. The van der Waals surface area contributed by atoms with Crippen LogP contribution >= 0.6 is 15.9 Å². The van der Waals surface area contributed by atoms with Crippen molar-refractivity contribution in [2.24, 2.45) is 5.92 Å². The molecular weight excluding hydrogens is 274 g/mol. The molecule has 2 rings (SSSR count). The van der Waals surface area contributed by atoms with Gasteiger partial charge in [-0.1, -0.05) is 41.8 Å². The van der Waals surface area contributed by atoms with E-state index in [2.05, 4.69) is 53.3 Å². The predicted molar refractivity (Wildman–Crippen MR) is 77.3 cm³/mol. The molecule has 1 N–H and O–H groups in total. The normalized spacial score (nSPS) is 18.5. The maximum atomic E-state index is 3.69. The van der Waals surface area contributed by atoms with Gasteiger partial charge in [-0.3, -0.25) is 0 Å². The van der Waals surface area contributed by atoms with Gasteiger partial charge < -0.3 is 5.32 Å². The first-order valence-corrected chi connectivity index (χ1v) is 7.51. The van der Waals surface area contributed by atoms with Crippen molar-refractivity contribution >= 4 is 15.9 Å². The molecule has 1 aliphatic rings. The highest BCUT2D eigenvalue weighted by Gasteiger charge is 2.26. The van der Waals surface area contributed by atoms with E-state index in [0.29, 0.717) is 6.04 Å². The lowest BCUT2D eigenvalue weighted by molar-refractivity contribution is 0.373. The van der Waals surface area contributed by atoms with Gasteiger partial charge in [0.15, 0.2) is 0 Å². The van der Waals surface area contributed by atoms with Crippen LogP contribution in [0.1, 0.15) is 49.8 Å². The molecular formula is C15H22BrN. The summed E-state index contributed by atoms with van der Waals surface area (Å²) in [6.45, 7) is 5.48. The third-order valence-electron chi connectivity index (χ3n) is 3.86. The van der Waals surface area contributed by atoms with Crippen molar-refractivity contribution in [3.63, 3.8) is 0 Å². The van der Waals surface area contributed by atoms with Crippen LogP contribution in [0.2, 0.25) is 0 Å². The second-order valence-electron chi connectivity index (χ2n) is 5.08. The monoisotopic (exact) mass is 295 g/mol. The molecule has 2 heteroatoms. The summed E-state index contributed by atoms with van der Waals surface area (Å²) in [6.07, 6.45) is 5.57. The second-order valence-corrected chi connectivity index (χ2v) is 6.00. The SMILES string of the molecule is CCNC(c1ccc(Br)cc1C)C1CCCC1. The van der Waals surface area contributed by atoms with Crippen LogP contribution in [0.5, 0.6) is 0 Å². The van der Waals surface area contributed by atoms with Gasteiger partial charge in [-0.25, -0.2) is 0 Å². The van der Waals surface area contributed by atoms with E-state index in [0.717, 1.165) is 12.5 Å². The minimum absolute atomic E-state index is 0.551. The quantitative estimate of drug-likeness (QED) is 0.856. The van der Waals surface area contributed by atoms with Crippen LogP contribution in [0, 0.1) is 12.8 Å². The van der Waals surface area contributed by atoms with Crippen molar-refractivity contribution in [2.45, 2.75) is 45.6 Å². The first kappa shape index (κ1) is 13.1. The number of rotatable bonds is 4.